The van der Waals surface area contributed by atoms with Gasteiger partial charge in [0.15, 0.2) is 0 Å². The molecule has 0 saturated carbocycles. The van der Waals surface area contributed by atoms with Gasteiger partial charge in [-0.05, 0) is 5.56 Å². The molecular weight excluding hydrogens is 360 g/mol. The third-order valence-electron chi connectivity index (χ3n) is 4.43. The minimum atomic E-state index is -1.05. The Kier molecular flexibility index (Phi) is 7.07. The number of aromatic carboxylic acids is 1. The Morgan fingerprint density at radius 3 is 2.75 bits per heavy atom. The molecule has 2 heterocycles. The van der Waals surface area contributed by atoms with Crippen molar-refractivity contribution < 1.29 is 19.7 Å². The van der Waals surface area contributed by atoms with Crippen molar-refractivity contribution in [2.45, 2.75) is 12.1 Å². The Morgan fingerprint density at radius 2 is 2.07 bits per heavy atom. The predicted molar refractivity (Wildman–Crippen MR) is 105 cm³/mol. The van der Waals surface area contributed by atoms with Crippen molar-refractivity contribution >= 4 is 18.0 Å². The number of rotatable bonds is 8. The summed E-state index contributed by atoms with van der Waals surface area (Å²) in [5.74, 6) is -0.560. The first-order chi connectivity index (χ1) is 13.7. The Bertz CT molecular complexity index is 783. The molecule has 0 spiro atoms. The normalized spacial score (nSPS) is 18.3. The van der Waals surface area contributed by atoms with Gasteiger partial charge in [-0.2, -0.15) is 0 Å². The molecule has 0 radical (unpaired) electrons. The van der Waals surface area contributed by atoms with Gasteiger partial charge in [0.1, 0.15) is 0 Å². The average Bonchev–Trinajstić information content (AvgIpc) is 2.75. The standard InChI is InChI=1S/C20H24N4O4/c25-14-17(7-6-15-4-2-1-3-5-15)21-12-18-13-24(8-9-28-18)20-22-10-16(11-23-20)19(26)27/h1-7,10-11,17-18,21,25H,8-9,12-14H2,(H,26,27). The third kappa shape index (κ3) is 5.59. The molecule has 148 valence electrons. The van der Waals surface area contributed by atoms with Crippen molar-refractivity contribution in [3.63, 3.8) is 0 Å². The number of hydrogen-bond donors (Lipinski definition) is 3. The van der Waals surface area contributed by atoms with Crippen LogP contribution in [0.15, 0.2) is 48.8 Å². The molecule has 2 atom stereocenters. The number of carboxylic acid groups (broad SMARTS) is 1. The van der Waals surface area contributed by atoms with Crippen molar-refractivity contribution in [3.05, 3.63) is 59.9 Å². The maximum absolute atomic E-state index is 10.9. The van der Waals surface area contributed by atoms with Crippen molar-refractivity contribution in [3.8, 4) is 0 Å². The van der Waals surface area contributed by atoms with E-state index in [9.17, 15) is 9.90 Å². The molecule has 3 rings (SSSR count). The van der Waals surface area contributed by atoms with Gasteiger partial charge >= 0.3 is 5.97 Å². The first kappa shape index (κ1) is 19.9. The molecule has 1 aromatic heterocycles. The van der Waals surface area contributed by atoms with Crippen LogP contribution in [0.5, 0.6) is 0 Å². The number of aromatic nitrogens is 2. The minimum absolute atomic E-state index is 0.0144. The van der Waals surface area contributed by atoms with Crippen LogP contribution in [0.3, 0.4) is 0 Å². The molecule has 1 aromatic carbocycles. The lowest BCUT2D eigenvalue weighted by Crippen LogP contribution is -2.49. The van der Waals surface area contributed by atoms with Crippen LogP contribution in [0.2, 0.25) is 0 Å². The summed E-state index contributed by atoms with van der Waals surface area (Å²) < 4.78 is 5.79. The van der Waals surface area contributed by atoms with E-state index in [1.165, 1.54) is 12.4 Å². The van der Waals surface area contributed by atoms with E-state index in [0.717, 1.165) is 5.56 Å². The van der Waals surface area contributed by atoms with Crippen molar-refractivity contribution in [1.82, 2.24) is 15.3 Å². The molecule has 28 heavy (non-hydrogen) atoms. The number of aliphatic hydroxyl groups excluding tert-OH is 1. The molecule has 2 unspecified atom stereocenters. The van der Waals surface area contributed by atoms with E-state index in [-0.39, 0.29) is 24.3 Å². The first-order valence-electron chi connectivity index (χ1n) is 9.15. The van der Waals surface area contributed by atoms with E-state index in [4.69, 9.17) is 9.84 Å². The minimum Gasteiger partial charge on any atom is -0.478 e. The number of benzene rings is 1. The maximum Gasteiger partial charge on any atom is 0.338 e. The Balaban J connectivity index is 1.52. The fourth-order valence-electron chi connectivity index (χ4n) is 2.89. The lowest BCUT2D eigenvalue weighted by atomic mass is 10.1. The van der Waals surface area contributed by atoms with Crippen LogP contribution >= 0.6 is 0 Å². The van der Waals surface area contributed by atoms with Gasteiger partial charge in [0.25, 0.3) is 0 Å². The SMILES string of the molecule is O=C(O)c1cnc(N2CCOC(CNC(C=Cc3ccccc3)CO)C2)nc1. The summed E-state index contributed by atoms with van der Waals surface area (Å²) in [5.41, 5.74) is 1.14. The van der Waals surface area contributed by atoms with Crippen molar-refractivity contribution in [2.75, 3.05) is 37.7 Å². The molecule has 3 N–H and O–H groups in total. The smallest absolute Gasteiger partial charge is 0.338 e. The van der Waals surface area contributed by atoms with Gasteiger partial charge in [0, 0.05) is 38.1 Å². The lowest BCUT2D eigenvalue weighted by molar-refractivity contribution is 0.0383. The van der Waals surface area contributed by atoms with Crippen LogP contribution in [0.1, 0.15) is 15.9 Å². The summed E-state index contributed by atoms with van der Waals surface area (Å²) >= 11 is 0. The quantitative estimate of drug-likeness (QED) is 0.620. The number of nitrogens with one attached hydrogen (secondary N) is 1. The highest BCUT2D eigenvalue weighted by Crippen LogP contribution is 2.13. The number of aliphatic hydroxyl groups is 1. The topological polar surface area (TPSA) is 108 Å². The summed E-state index contributed by atoms with van der Waals surface area (Å²) in [5, 5.41) is 21.8. The fraction of sp³-hybridized carbons (Fsp3) is 0.350. The second-order valence-corrected chi connectivity index (χ2v) is 6.48. The van der Waals surface area contributed by atoms with Crippen molar-refractivity contribution in [2.24, 2.45) is 0 Å². The van der Waals surface area contributed by atoms with Crippen LogP contribution in [-0.4, -0.2) is 71.1 Å². The van der Waals surface area contributed by atoms with Crippen molar-refractivity contribution in [1.29, 1.82) is 0 Å². The zero-order valence-corrected chi connectivity index (χ0v) is 15.4. The zero-order chi connectivity index (χ0) is 19.8. The highest BCUT2D eigenvalue weighted by Gasteiger charge is 2.23. The van der Waals surface area contributed by atoms with Gasteiger partial charge in [-0.3, -0.25) is 0 Å². The lowest BCUT2D eigenvalue weighted by Gasteiger charge is -2.33. The fourth-order valence-corrected chi connectivity index (χ4v) is 2.89. The summed E-state index contributed by atoms with van der Waals surface area (Å²) in [7, 11) is 0. The van der Waals surface area contributed by atoms with E-state index in [1.807, 2.05) is 47.4 Å². The van der Waals surface area contributed by atoms with Crippen LogP contribution in [0, 0.1) is 0 Å². The van der Waals surface area contributed by atoms with Crippen LogP contribution in [0.4, 0.5) is 5.95 Å². The molecule has 1 aliphatic heterocycles. The van der Waals surface area contributed by atoms with Gasteiger partial charge in [-0.15, -0.1) is 0 Å². The number of carbonyl (C=O) groups is 1. The molecule has 1 aliphatic rings. The predicted octanol–water partition coefficient (Wildman–Crippen LogP) is 1.04. The van der Waals surface area contributed by atoms with E-state index >= 15 is 0 Å². The molecule has 0 aliphatic carbocycles. The molecule has 1 saturated heterocycles. The number of carboxylic acids is 1. The maximum atomic E-state index is 10.9. The number of morpholine rings is 1. The van der Waals surface area contributed by atoms with E-state index in [2.05, 4.69) is 15.3 Å². The van der Waals surface area contributed by atoms with E-state index in [1.54, 1.807) is 0 Å². The molecule has 0 amide bonds. The number of anilines is 1. The van der Waals surface area contributed by atoms with E-state index in [0.29, 0.717) is 32.2 Å². The molecule has 2 aromatic rings. The largest absolute Gasteiger partial charge is 0.478 e. The van der Waals surface area contributed by atoms with Crippen LogP contribution in [0.25, 0.3) is 6.08 Å². The summed E-state index contributed by atoms with van der Waals surface area (Å²) in [4.78, 5) is 21.2. The Hall–Kier alpha value is -2.81. The molecule has 0 bridgehead atoms. The third-order valence-corrected chi connectivity index (χ3v) is 4.43. The molecular formula is C20H24N4O4. The summed E-state index contributed by atoms with van der Waals surface area (Å²) in [6, 6.07) is 9.73. The summed E-state index contributed by atoms with van der Waals surface area (Å²) in [6.07, 6.45) is 6.44. The highest BCUT2D eigenvalue weighted by atomic mass is 16.5. The molecule has 8 nitrogen and oxygen atoms in total. The Labute approximate surface area is 163 Å². The number of hydrogen-bond acceptors (Lipinski definition) is 7. The molecule has 1 fully saturated rings. The highest BCUT2D eigenvalue weighted by molar-refractivity contribution is 5.86. The van der Waals surface area contributed by atoms with Gasteiger partial charge in [-0.25, -0.2) is 14.8 Å². The second-order valence-electron chi connectivity index (χ2n) is 6.48. The first-order valence-corrected chi connectivity index (χ1v) is 9.15. The number of nitrogens with zero attached hydrogens (tertiary/aromatic N) is 3. The monoisotopic (exact) mass is 384 g/mol. The Morgan fingerprint density at radius 1 is 1.32 bits per heavy atom. The van der Waals surface area contributed by atoms with Gasteiger partial charge in [-0.1, -0.05) is 42.5 Å². The van der Waals surface area contributed by atoms with Crippen LogP contribution < -0.4 is 10.2 Å². The number of ether oxygens (including phenoxy) is 1. The zero-order valence-electron chi connectivity index (χ0n) is 15.4. The molecule has 8 heteroatoms. The van der Waals surface area contributed by atoms with Crippen LogP contribution in [-0.2, 0) is 4.74 Å². The second kappa shape index (κ2) is 9.93. The van der Waals surface area contributed by atoms with Gasteiger partial charge in [0.05, 0.1) is 24.9 Å². The van der Waals surface area contributed by atoms with Gasteiger partial charge in [0.2, 0.25) is 5.95 Å². The summed E-state index contributed by atoms with van der Waals surface area (Å²) in [6.45, 7) is 2.30. The van der Waals surface area contributed by atoms with E-state index < -0.39 is 5.97 Å². The average molecular weight is 384 g/mol. The van der Waals surface area contributed by atoms with Gasteiger partial charge < -0.3 is 25.2 Å².